The lowest BCUT2D eigenvalue weighted by molar-refractivity contribution is -0.132. The Morgan fingerprint density at radius 3 is 2.62 bits per heavy atom. The highest BCUT2D eigenvalue weighted by Crippen LogP contribution is 2.49. The number of fused-ring (bicyclic) bond motifs is 1. The zero-order chi connectivity index (χ0) is 18.9. The van der Waals surface area contributed by atoms with Gasteiger partial charge in [0.1, 0.15) is 5.75 Å². The van der Waals surface area contributed by atoms with Crippen LogP contribution in [0.1, 0.15) is 43.0 Å². The molecule has 0 fully saturated rings. The van der Waals surface area contributed by atoms with Gasteiger partial charge in [-0.3, -0.25) is 4.79 Å². The molecule has 3 heteroatoms. The van der Waals surface area contributed by atoms with Gasteiger partial charge in [0.05, 0.1) is 0 Å². The summed E-state index contributed by atoms with van der Waals surface area (Å²) in [7, 11) is 0. The Hall–Kier alpha value is -2.55. The number of anilines is 1. The second kappa shape index (κ2) is 6.99. The van der Waals surface area contributed by atoms with Gasteiger partial charge in [0, 0.05) is 36.7 Å². The molecule has 3 rings (SSSR count). The van der Waals surface area contributed by atoms with Crippen LogP contribution >= 0.6 is 0 Å². The summed E-state index contributed by atoms with van der Waals surface area (Å²) in [5, 5.41) is 0. The van der Waals surface area contributed by atoms with E-state index in [1.165, 1.54) is 23.7 Å². The van der Waals surface area contributed by atoms with Crippen LogP contribution in [0.3, 0.4) is 0 Å². The second-order valence-electron chi connectivity index (χ2n) is 7.72. The minimum absolute atomic E-state index is 0.100. The molecule has 136 valence electrons. The number of carbonyl (C=O) groups is 1. The maximum atomic E-state index is 11.8. The van der Waals surface area contributed by atoms with E-state index in [-0.39, 0.29) is 11.4 Å². The summed E-state index contributed by atoms with van der Waals surface area (Å²) in [6.07, 6.45) is 2.54. The minimum atomic E-state index is -0.279. The van der Waals surface area contributed by atoms with Crippen molar-refractivity contribution >= 4 is 11.7 Å². The second-order valence-corrected chi connectivity index (χ2v) is 7.72. The molecule has 0 saturated carbocycles. The molecule has 1 heterocycles. The number of hydrogen-bond acceptors (Lipinski definition) is 3. The van der Waals surface area contributed by atoms with Crippen molar-refractivity contribution in [2.45, 2.75) is 46.1 Å². The van der Waals surface area contributed by atoms with Gasteiger partial charge in [-0.05, 0) is 36.1 Å². The molecule has 0 aromatic heterocycles. The molecule has 2 aromatic rings. The van der Waals surface area contributed by atoms with Crippen LogP contribution in [-0.2, 0) is 23.2 Å². The average molecular weight is 349 g/mol. The first-order valence-corrected chi connectivity index (χ1v) is 9.08. The van der Waals surface area contributed by atoms with E-state index >= 15 is 0 Å². The van der Waals surface area contributed by atoms with Crippen LogP contribution in [0.25, 0.3) is 0 Å². The SMILES string of the molecule is C=CCc1cc(C)c2c(c1OC(C)=O)C(C)(C)CN2Cc1ccccc1. The number of hydrogen-bond donors (Lipinski definition) is 0. The number of allylic oxidation sites excluding steroid dienone is 1. The molecule has 0 amide bonds. The molecule has 26 heavy (non-hydrogen) atoms. The Labute approximate surface area is 156 Å². The van der Waals surface area contributed by atoms with Gasteiger partial charge in [-0.15, -0.1) is 6.58 Å². The predicted molar refractivity (Wildman–Crippen MR) is 107 cm³/mol. The topological polar surface area (TPSA) is 29.5 Å². The van der Waals surface area contributed by atoms with Crippen molar-refractivity contribution in [1.29, 1.82) is 0 Å². The summed E-state index contributed by atoms with van der Waals surface area (Å²) in [4.78, 5) is 14.2. The predicted octanol–water partition coefficient (Wildman–Crippen LogP) is 4.95. The molecule has 0 spiro atoms. The summed E-state index contributed by atoms with van der Waals surface area (Å²) < 4.78 is 5.72. The summed E-state index contributed by atoms with van der Waals surface area (Å²) in [6, 6.07) is 12.6. The van der Waals surface area contributed by atoms with Crippen LogP contribution in [0, 0.1) is 6.92 Å². The fourth-order valence-corrected chi connectivity index (χ4v) is 4.04. The standard InChI is InChI=1S/C23H27NO2/c1-6-10-19-13-16(2)21-20(22(19)26-17(3)25)23(4,5)15-24(21)14-18-11-8-7-9-12-18/h6-9,11-13H,1,10,14-15H2,2-5H3. The fourth-order valence-electron chi connectivity index (χ4n) is 4.04. The lowest BCUT2D eigenvalue weighted by Gasteiger charge is -2.23. The van der Waals surface area contributed by atoms with Crippen LogP contribution in [0.15, 0.2) is 49.1 Å². The van der Waals surface area contributed by atoms with Gasteiger partial charge in [-0.2, -0.15) is 0 Å². The molecule has 0 saturated heterocycles. The number of esters is 1. The summed E-state index contributed by atoms with van der Waals surface area (Å²) in [5.74, 6) is 0.442. The number of aryl methyl sites for hydroxylation is 1. The van der Waals surface area contributed by atoms with E-state index in [9.17, 15) is 4.79 Å². The highest BCUT2D eigenvalue weighted by molar-refractivity contribution is 5.77. The van der Waals surface area contributed by atoms with E-state index in [1.54, 1.807) is 0 Å². The first kappa shape index (κ1) is 18.2. The average Bonchev–Trinajstić information content (AvgIpc) is 2.83. The normalized spacial score (nSPS) is 14.8. The maximum Gasteiger partial charge on any atom is 0.308 e. The van der Waals surface area contributed by atoms with Gasteiger partial charge < -0.3 is 9.64 Å². The number of nitrogens with zero attached hydrogens (tertiary/aromatic N) is 1. The van der Waals surface area contributed by atoms with Gasteiger partial charge in [0.15, 0.2) is 0 Å². The van der Waals surface area contributed by atoms with E-state index < -0.39 is 0 Å². The van der Waals surface area contributed by atoms with E-state index in [1.807, 2.05) is 12.1 Å². The summed E-state index contributed by atoms with van der Waals surface area (Å²) in [6.45, 7) is 13.6. The van der Waals surface area contributed by atoms with Crippen molar-refractivity contribution in [1.82, 2.24) is 0 Å². The molecule has 1 aliphatic rings. The summed E-state index contributed by atoms with van der Waals surface area (Å²) >= 11 is 0. The molecule has 3 nitrogen and oxygen atoms in total. The van der Waals surface area contributed by atoms with Gasteiger partial charge >= 0.3 is 5.97 Å². The number of benzene rings is 2. The van der Waals surface area contributed by atoms with Crippen LogP contribution in [0.5, 0.6) is 5.75 Å². The van der Waals surface area contributed by atoms with E-state index in [4.69, 9.17) is 4.74 Å². The van der Waals surface area contributed by atoms with Gasteiger partial charge in [-0.25, -0.2) is 0 Å². The quantitative estimate of drug-likeness (QED) is 0.435. The van der Waals surface area contributed by atoms with Crippen LogP contribution in [0.2, 0.25) is 0 Å². The largest absolute Gasteiger partial charge is 0.426 e. The molecular formula is C23H27NO2. The van der Waals surface area contributed by atoms with Crippen molar-refractivity contribution in [3.05, 3.63) is 71.3 Å². The maximum absolute atomic E-state index is 11.8. The highest BCUT2D eigenvalue weighted by atomic mass is 16.5. The van der Waals surface area contributed by atoms with Gasteiger partial charge in [0.2, 0.25) is 0 Å². The van der Waals surface area contributed by atoms with Crippen molar-refractivity contribution in [3.8, 4) is 5.75 Å². The van der Waals surface area contributed by atoms with E-state index in [0.29, 0.717) is 6.42 Å². The molecule has 0 bridgehead atoms. The third-order valence-corrected chi connectivity index (χ3v) is 4.93. The van der Waals surface area contributed by atoms with E-state index in [2.05, 4.69) is 62.6 Å². The van der Waals surface area contributed by atoms with Gasteiger partial charge in [-0.1, -0.05) is 50.3 Å². The Bertz CT molecular complexity index is 837. The Morgan fingerprint density at radius 2 is 2.00 bits per heavy atom. The van der Waals surface area contributed by atoms with Gasteiger partial charge in [0.25, 0.3) is 0 Å². The number of ether oxygens (including phenoxy) is 1. The van der Waals surface area contributed by atoms with Crippen molar-refractivity contribution in [2.24, 2.45) is 0 Å². The fraction of sp³-hybridized carbons (Fsp3) is 0.348. The Kier molecular flexibility index (Phi) is 4.90. The molecular weight excluding hydrogens is 322 g/mol. The monoisotopic (exact) mass is 349 g/mol. The number of carbonyl (C=O) groups excluding carboxylic acids is 1. The van der Waals surface area contributed by atoms with Crippen LogP contribution in [-0.4, -0.2) is 12.5 Å². The third-order valence-electron chi connectivity index (χ3n) is 4.93. The molecule has 2 aromatic carbocycles. The Balaban J connectivity index is 2.14. The third kappa shape index (κ3) is 3.39. The molecule has 0 radical (unpaired) electrons. The Morgan fingerprint density at radius 1 is 1.31 bits per heavy atom. The lowest BCUT2D eigenvalue weighted by atomic mass is 9.83. The summed E-state index contributed by atoms with van der Waals surface area (Å²) in [5.41, 5.74) is 5.76. The zero-order valence-corrected chi connectivity index (χ0v) is 16.1. The first-order chi connectivity index (χ1) is 12.3. The molecule has 1 aliphatic heterocycles. The zero-order valence-electron chi connectivity index (χ0n) is 16.1. The molecule has 0 atom stereocenters. The van der Waals surface area contributed by atoms with E-state index in [0.717, 1.165) is 30.0 Å². The minimum Gasteiger partial charge on any atom is -0.426 e. The van der Waals surface area contributed by atoms with Crippen molar-refractivity contribution in [3.63, 3.8) is 0 Å². The van der Waals surface area contributed by atoms with Crippen LogP contribution < -0.4 is 9.64 Å². The number of rotatable bonds is 5. The first-order valence-electron chi connectivity index (χ1n) is 9.08. The molecule has 0 N–H and O–H groups in total. The van der Waals surface area contributed by atoms with Crippen LogP contribution in [0.4, 0.5) is 5.69 Å². The highest BCUT2D eigenvalue weighted by Gasteiger charge is 2.40. The molecule has 0 aliphatic carbocycles. The van der Waals surface area contributed by atoms with Crippen molar-refractivity contribution in [2.75, 3.05) is 11.4 Å². The van der Waals surface area contributed by atoms with Crippen molar-refractivity contribution < 1.29 is 9.53 Å². The molecule has 0 unspecified atom stereocenters. The lowest BCUT2D eigenvalue weighted by Crippen LogP contribution is -2.28. The smallest absolute Gasteiger partial charge is 0.308 e.